The zero-order valence-electron chi connectivity index (χ0n) is 10.4. The van der Waals surface area contributed by atoms with Gasteiger partial charge in [-0.1, -0.05) is 44.7 Å². The quantitative estimate of drug-likeness (QED) is 0.698. The van der Waals surface area contributed by atoms with Gasteiger partial charge in [0.25, 0.3) is 0 Å². The van der Waals surface area contributed by atoms with Gasteiger partial charge in [0.1, 0.15) is 0 Å². The summed E-state index contributed by atoms with van der Waals surface area (Å²) in [5, 5.41) is 0.613. The minimum absolute atomic E-state index is 0.610. The molecule has 0 aromatic carbocycles. The van der Waals surface area contributed by atoms with Gasteiger partial charge in [-0.05, 0) is 34.3 Å². The first-order valence-electron chi connectivity index (χ1n) is 6.11. The maximum atomic E-state index is 5.83. The molecule has 17 heavy (non-hydrogen) atoms. The molecule has 0 aliphatic rings. The Morgan fingerprint density at radius 2 is 2.24 bits per heavy atom. The molecule has 0 saturated carbocycles. The minimum Gasteiger partial charge on any atom is -0.477 e. The monoisotopic (exact) mass is 319 g/mol. The van der Waals surface area contributed by atoms with E-state index >= 15 is 0 Å². The highest BCUT2D eigenvalue weighted by Gasteiger charge is 2.09. The number of hydrogen-bond acceptors (Lipinski definition) is 2. The van der Waals surface area contributed by atoms with Gasteiger partial charge in [0.15, 0.2) is 0 Å². The van der Waals surface area contributed by atoms with Crippen molar-refractivity contribution < 1.29 is 4.74 Å². The zero-order chi connectivity index (χ0) is 12.7. The third-order valence-electron chi connectivity index (χ3n) is 2.77. The largest absolute Gasteiger partial charge is 0.477 e. The van der Waals surface area contributed by atoms with Crippen LogP contribution in [0.4, 0.5) is 0 Å². The minimum atomic E-state index is 0.610. The van der Waals surface area contributed by atoms with E-state index in [0.29, 0.717) is 16.8 Å². The zero-order valence-corrected chi connectivity index (χ0v) is 12.7. The van der Waals surface area contributed by atoms with Gasteiger partial charge in [0.2, 0.25) is 5.88 Å². The average molecular weight is 321 g/mol. The highest BCUT2D eigenvalue weighted by molar-refractivity contribution is 9.10. The Hall–Kier alpha value is -0.280. The Labute approximate surface area is 117 Å². The molecule has 0 aliphatic carbocycles. The summed E-state index contributed by atoms with van der Waals surface area (Å²) in [5.74, 6) is 1.24. The highest BCUT2D eigenvalue weighted by atomic mass is 79.9. The smallest absolute Gasteiger partial charge is 0.228 e. The van der Waals surface area contributed by atoms with Crippen molar-refractivity contribution in [2.75, 3.05) is 6.61 Å². The molecule has 0 radical (unpaired) electrons. The van der Waals surface area contributed by atoms with E-state index in [0.717, 1.165) is 17.5 Å². The fourth-order valence-electron chi connectivity index (χ4n) is 1.60. The third-order valence-corrected chi connectivity index (χ3v) is 3.55. The molecule has 1 rings (SSSR count). The summed E-state index contributed by atoms with van der Waals surface area (Å²) in [6.07, 6.45) is 6.47. The van der Waals surface area contributed by atoms with E-state index in [-0.39, 0.29) is 0 Å². The van der Waals surface area contributed by atoms with E-state index < -0.39 is 0 Å². The molecule has 0 fully saturated rings. The molecular weight excluding hydrogens is 302 g/mol. The van der Waals surface area contributed by atoms with Gasteiger partial charge in [-0.3, -0.25) is 0 Å². The molecule has 1 atom stereocenters. The normalized spacial score (nSPS) is 12.5. The van der Waals surface area contributed by atoms with Crippen LogP contribution in [0.3, 0.4) is 0 Å². The third kappa shape index (κ3) is 5.26. The van der Waals surface area contributed by atoms with Crippen LogP contribution in [0.2, 0.25) is 5.02 Å². The number of unbranched alkanes of at least 4 members (excludes halogenated alkanes) is 1. The number of pyridine rings is 1. The SMILES string of the molecule is CCCCC(CC)COc1ncc(Cl)cc1Br. The van der Waals surface area contributed by atoms with Crippen LogP contribution in [0.15, 0.2) is 16.7 Å². The predicted octanol–water partition coefficient (Wildman–Crippen LogP) is 5.09. The van der Waals surface area contributed by atoms with Crippen molar-refractivity contribution in [1.82, 2.24) is 4.98 Å². The van der Waals surface area contributed by atoms with Crippen molar-refractivity contribution in [3.63, 3.8) is 0 Å². The molecule has 0 saturated heterocycles. The Morgan fingerprint density at radius 1 is 1.47 bits per heavy atom. The summed E-state index contributed by atoms with van der Waals surface area (Å²) in [5.41, 5.74) is 0. The summed E-state index contributed by atoms with van der Waals surface area (Å²) in [6.45, 7) is 5.14. The van der Waals surface area contributed by atoms with Crippen LogP contribution in [0.25, 0.3) is 0 Å². The summed E-state index contributed by atoms with van der Waals surface area (Å²) in [4.78, 5) is 4.16. The second-order valence-corrected chi connectivity index (χ2v) is 5.46. The number of aromatic nitrogens is 1. The fraction of sp³-hybridized carbons (Fsp3) is 0.615. The Bertz CT molecular complexity index is 346. The van der Waals surface area contributed by atoms with Crippen LogP contribution >= 0.6 is 27.5 Å². The van der Waals surface area contributed by atoms with E-state index in [2.05, 4.69) is 34.8 Å². The van der Waals surface area contributed by atoms with Crippen LogP contribution in [0.1, 0.15) is 39.5 Å². The van der Waals surface area contributed by atoms with E-state index in [4.69, 9.17) is 16.3 Å². The van der Waals surface area contributed by atoms with Gasteiger partial charge in [-0.2, -0.15) is 0 Å². The standard InChI is InChI=1S/C13H19BrClNO/c1-3-5-6-10(4-2)9-17-13-12(14)7-11(15)8-16-13/h7-8,10H,3-6,9H2,1-2H3. The van der Waals surface area contributed by atoms with E-state index in [1.165, 1.54) is 19.3 Å². The first-order valence-corrected chi connectivity index (χ1v) is 7.28. The van der Waals surface area contributed by atoms with Crippen LogP contribution < -0.4 is 4.74 Å². The molecular formula is C13H19BrClNO. The molecule has 0 aliphatic heterocycles. The Morgan fingerprint density at radius 3 is 2.82 bits per heavy atom. The lowest BCUT2D eigenvalue weighted by molar-refractivity contribution is 0.224. The lowest BCUT2D eigenvalue weighted by Gasteiger charge is -2.15. The van der Waals surface area contributed by atoms with Crippen molar-refractivity contribution in [2.24, 2.45) is 5.92 Å². The first-order chi connectivity index (χ1) is 8.17. The lowest BCUT2D eigenvalue weighted by Crippen LogP contribution is -2.12. The summed E-state index contributed by atoms with van der Waals surface area (Å²) in [6, 6.07) is 1.80. The van der Waals surface area contributed by atoms with Crippen molar-refractivity contribution >= 4 is 27.5 Å². The maximum absolute atomic E-state index is 5.83. The molecule has 4 heteroatoms. The Balaban J connectivity index is 2.47. The lowest BCUT2D eigenvalue weighted by atomic mass is 10.0. The number of halogens is 2. The molecule has 0 spiro atoms. The molecule has 0 N–H and O–H groups in total. The van der Waals surface area contributed by atoms with E-state index in [1.807, 2.05) is 0 Å². The Kier molecular flexibility index (Phi) is 6.90. The van der Waals surface area contributed by atoms with Gasteiger partial charge in [-0.15, -0.1) is 0 Å². The molecule has 96 valence electrons. The van der Waals surface area contributed by atoms with Gasteiger partial charge < -0.3 is 4.74 Å². The molecule has 1 aromatic heterocycles. The summed E-state index contributed by atoms with van der Waals surface area (Å²) < 4.78 is 6.54. The van der Waals surface area contributed by atoms with Gasteiger partial charge in [0.05, 0.1) is 16.1 Å². The number of ether oxygens (including phenoxy) is 1. The van der Waals surface area contributed by atoms with Crippen molar-refractivity contribution in [3.8, 4) is 5.88 Å². The second kappa shape index (κ2) is 7.93. The topological polar surface area (TPSA) is 22.1 Å². The molecule has 2 nitrogen and oxygen atoms in total. The van der Waals surface area contributed by atoms with Gasteiger partial charge in [-0.25, -0.2) is 4.98 Å². The number of hydrogen-bond donors (Lipinski definition) is 0. The van der Waals surface area contributed by atoms with Crippen LogP contribution in [0.5, 0.6) is 5.88 Å². The van der Waals surface area contributed by atoms with E-state index in [9.17, 15) is 0 Å². The fourth-order valence-corrected chi connectivity index (χ4v) is 2.36. The van der Waals surface area contributed by atoms with Gasteiger partial charge in [0, 0.05) is 6.20 Å². The number of nitrogens with zero attached hydrogens (tertiary/aromatic N) is 1. The number of rotatable bonds is 7. The maximum Gasteiger partial charge on any atom is 0.228 e. The van der Waals surface area contributed by atoms with Crippen LogP contribution in [-0.4, -0.2) is 11.6 Å². The molecule has 0 amide bonds. The molecule has 1 aromatic rings. The average Bonchev–Trinajstić information content (AvgIpc) is 2.31. The second-order valence-electron chi connectivity index (χ2n) is 4.17. The summed E-state index contributed by atoms with van der Waals surface area (Å²) in [7, 11) is 0. The van der Waals surface area contributed by atoms with Crippen LogP contribution in [0, 0.1) is 5.92 Å². The molecule has 1 unspecified atom stereocenters. The molecule has 0 bridgehead atoms. The van der Waals surface area contributed by atoms with Crippen LogP contribution in [-0.2, 0) is 0 Å². The van der Waals surface area contributed by atoms with E-state index in [1.54, 1.807) is 12.3 Å². The van der Waals surface area contributed by atoms with Crippen molar-refractivity contribution in [1.29, 1.82) is 0 Å². The van der Waals surface area contributed by atoms with Crippen molar-refractivity contribution in [3.05, 3.63) is 21.8 Å². The first kappa shape index (κ1) is 14.8. The highest BCUT2D eigenvalue weighted by Crippen LogP contribution is 2.26. The van der Waals surface area contributed by atoms with Gasteiger partial charge >= 0.3 is 0 Å². The molecule has 1 heterocycles. The van der Waals surface area contributed by atoms with Crippen molar-refractivity contribution in [2.45, 2.75) is 39.5 Å². The predicted molar refractivity (Wildman–Crippen MR) is 75.7 cm³/mol. The summed E-state index contributed by atoms with van der Waals surface area (Å²) >= 11 is 9.23.